The maximum absolute atomic E-state index is 13.5. The Bertz CT molecular complexity index is 855. The van der Waals surface area contributed by atoms with E-state index in [-0.39, 0.29) is 17.4 Å². The van der Waals surface area contributed by atoms with Crippen molar-refractivity contribution in [3.63, 3.8) is 0 Å². The third kappa shape index (κ3) is 3.36. The molecule has 4 aliphatic carbocycles. The fraction of sp³-hybridized carbons (Fsp3) is 0.762. The predicted octanol–water partition coefficient (Wildman–Crippen LogP) is 2.72. The summed E-state index contributed by atoms with van der Waals surface area (Å²) >= 11 is 1.58. The summed E-state index contributed by atoms with van der Waals surface area (Å²) in [5.41, 5.74) is 0.542. The van der Waals surface area contributed by atoms with Gasteiger partial charge in [-0.15, -0.1) is 11.3 Å². The number of thiazole rings is 1. The van der Waals surface area contributed by atoms with Crippen LogP contribution in [0.25, 0.3) is 0 Å². The molecule has 7 heteroatoms. The third-order valence-corrected chi connectivity index (χ3v) is 8.16. The van der Waals surface area contributed by atoms with Crippen molar-refractivity contribution in [2.45, 2.75) is 71.4 Å². The Balaban J connectivity index is 1.68. The molecule has 0 radical (unpaired) electrons. The first-order valence-electron chi connectivity index (χ1n) is 10.3. The molecule has 1 aromatic rings. The molecule has 0 saturated heterocycles. The van der Waals surface area contributed by atoms with E-state index in [4.69, 9.17) is 4.74 Å². The number of hydrogen-bond acceptors (Lipinski definition) is 4. The lowest BCUT2D eigenvalue weighted by atomic mass is 9.46. The van der Waals surface area contributed by atoms with Crippen LogP contribution >= 0.6 is 11.3 Å². The number of aromatic nitrogens is 1. The van der Waals surface area contributed by atoms with Crippen LogP contribution < -0.4 is 10.1 Å². The molecule has 4 fully saturated rings. The number of carbonyl (C=O) groups excluding carboxylic acids is 2. The minimum atomic E-state index is -0.405. The maximum Gasteiger partial charge on any atom is 0.254 e. The van der Waals surface area contributed by atoms with Gasteiger partial charge in [0.05, 0.1) is 12.0 Å². The quantitative estimate of drug-likeness (QED) is 0.819. The Hall–Kier alpha value is -1.47. The topological polar surface area (TPSA) is 72.7 Å². The molecule has 0 aliphatic heterocycles. The van der Waals surface area contributed by atoms with Gasteiger partial charge in [-0.1, -0.05) is 0 Å². The molecule has 2 atom stereocenters. The van der Waals surface area contributed by atoms with Crippen LogP contribution in [0.1, 0.15) is 56.0 Å². The summed E-state index contributed by atoms with van der Waals surface area (Å²) in [7, 11) is 1.69. The van der Waals surface area contributed by atoms with E-state index >= 15 is 0 Å². The van der Waals surface area contributed by atoms with Crippen molar-refractivity contribution in [1.82, 2.24) is 9.88 Å². The van der Waals surface area contributed by atoms with Crippen LogP contribution in [0.3, 0.4) is 0 Å². The van der Waals surface area contributed by atoms with Gasteiger partial charge in [0.1, 0.15) is 0 Å². The molecule has 2 amide bonds. The zero-order valence-electron chi connectivity index (χ0n) is 17.3. The Morgan fingerprint density at radius 2 is 1.93 bits per heavy atom. The molecule has 5 rings (SSSR count). The summed E-state index contributed by atoms with van der Waals surface area (Å²) in [6.45, 7) is 7.03. The van der Waals surface area contributed by atoms with E-state index in [0.717, 1.165) is 42.6 Å². The highest BCUT2D eigenvalue weighted by Crippen LogP contribution is 2.62. The van der Waals surface area contributed by atoms with E-state index in [1.165, 1.54) is 11.3 Å². The minimum absolute atomic E-state index is 0.0170. The number of nitrogens with zero attached hydrogens (tertiary/aromatic N) is 2. The SMILES string of the molecule is COCCn1c(C)c(C)s/c1=N\C(=O)C12CC3CC(CC(NC(C)=O)(C3)C1)C2. The maximum atomic E-state index is 13.5. The van der Waals surface area contributed by atoms with Gasteiger partial charge in [0.2, 0.25) is 5.91 Å². The lowest BCUT2D eigenvalue weighted by Crippen LogP contribution is -2.64. The van der Waals surface area contributed by atoms with Gasteiger partial charge in [-0.25, -0.2) is 0 Å². The van der Waals surface area contributed by atoms with E-state index in [0.29, 0.717) is 25.0 Å². The molecule has 2 unspecified atom stereocenters. The fourth-order valence-corrected chi connectivity index (χ4v) is 7.37. The van der Waals surface area contributed by atoms with Crippen molar-refractivity contribution in [3.8, 4) is 0 Å². The standard InChI is InChI=1S/C21H31N3O3S/c1-13-14(2)28-19(24(13)5-6-27-4)22-18(26)20-8-16-7-17(9-20)11-21(10-16,12-20)23-15(3)25/h16-17H,5-12H2,1-4H3,(H,23,25)/b22-19-. The predicted molar refractivity (Wildman–Crippen MR) is 108 cm³/mol. The van der Waals surface area contributed by atoms with Gasteiger partial charge in [0.25, 0.3) is 5.91 Å². The number of methoxy groups -OCH3 is 1. The number of ether oxygens (including phenoxy) is 1. The monoisotopic (exact) mass is 405 g/mol. The third-order valence-electron chi connectivity index (χ3n) is 7.06. The molecular formula is C21H31N3O3S. The molecule has 0 aromatic carbocycles. The van der Waals surface area contributed by atoms with Gasteiger partial charge >= 0.3 is 0 Å². The Labute approximate surface area is 170 Å². The second kappa shape index (κ2) is 7.10. The van der Waals surface area contributed by atoms with Gasteiger partial charge in [0.15, 0.2) is 4.80 Å². The highest BCUT2D eigenvalue weighted by Gasteiger charge is 2.60. The normalized spacial score (nSPS) is 34.1. The molecule has 4 saturated carbocycles. The van der Waals surface area contributed by atoms with Crippen molar-refractivity contribution >= 4 is 23.2 Å². The first kappa shape index (κ1) is 19.8. The van der Waals surface area contributed by atoms with E-state index in [1.807, 2.05) is 0 Å². The molecule has 6 nitrogen and oxygen atoms in total. The van der Waals surface area contributed by atoms with Crippen LogP contribution in [-0.4, -0.2) is 35.6 Å². The van der Waals surface area contributed by atoms with E-state index in [1.54, 1.807) is 25.4 Å². The molecule has 0 spiro atoms. The largest absolute Gasteiger partial charge is 0.383 e. The van der Waals surface area contributed by atoms with Crippen molar-refractivity contribution in [1.29, 1.82) is 0 Å². The first-order valence-corrected chi connectivity index (χ1v) is 11.1. The fourth-order valence-electron chi connectivity index (χ4n) is 6.37. The highest BCUT2D eigenvalue weighted by atomic mass is 32.1. The second-order valence-electron chi connectivity index (χ2n) is 9.29. The lowest BCUT2D eigenvalue weighted by Gasteiger charge is -2.60. The first-order chi connectivity index (χ1) is 13.3. The van der Waals surface area contributed by atoms with E-state index in [9.17, 15) is 9.59 Å². The number of carbonyl (C=O) groups is 2. The Morgan fingerprint density at radius 3 is 2.54 bits per heavy atom. The Morgan fingerprint density at radius 1 is 1.25 bits per heavy atom. The summed E-state index contributed by atoms with van der Waals surface area (Å²) in [5, 5.41) is 3.23. The molecule has 1 N–H and O–H groups in total. The van der Waals surface area contributed by atoms with Crippen molar-refractivity contribution in [2.75, 3.05) is 13.7 Å². The smallest absolute Gasteiger partial charge is 0.254 e. The van der Waals surface area contributed by atoms with Crippen molar-refractivity contribution in [3.05, 3.63) is 15.4 Å². The van der Waals surface area contributed by atoms with E-state index in [2.05, 4.69) is 28.7 Å². The second-order valence-corrected chi connectivity index (χ2v) is 10.5. The molecule has 4 bridgehead atoms. The van der Waals surface area contributed by atoms with E-state index < -0.39 is 5.41 Å². The van der Waals surface area contributed by atoms with Gasteiger partial charge in [-0.2, -0.15) is 4.99 Å². The van der Waals surface area contributed by atoms with Crippen LogP contribution in [0.2, 0.25) is 0 Å². The summed E-state index contributed by atoms with van der Waals surface area (Å²) in [6, 6.07) is 0. The van der Waals surface area contributed by atoms with Crippen molar-refractivity contribution in [2.24, 2.45) is 22.2 Å². The average Bonchev–Trinajstić information content (AvgIpc) is 2.84. The summed E-state index contributed by atoms with van der Waals surface area (Å²) < 4.78 is 7.34. The molecule has 4 aliphatic rings. The van der Waals surface area contributed by atoms with Crippen LogP contribution in [0.5, 0.6) is 0 Å². The number of aryl methyl sites for hydroxylation is 1. The summed E-state index contributed by atoms with van der Waals surface area (Å²) in [5.74, 6) is 1.09. The summed E-state index contributed by atoms with van der Waals surface area (Å²) in [6.07, 6.45) is 5.83. The van der Waals surface area contributed by atoms with Crippen LogP contribution in [0.4, 0.5) is 0 Å². The van der Waals surface area contributed by atoms with Crippen LogP contribution in [-0.2, 0) is 20.9 Å². The molecule has 154 valence electrons. The summed E-state index contributed by atoms with van der Waals surface area (Å²) in [4.78, 5) is 32.0. The van der Waals surface area contributed by atoms with Gasteiger partial charge < -0.3 is 14.6 Å². The van der Waals surface area contributed by atoms with Crippen LogP contribution in [0, 0.1) is 31.1 Å². The average molecular weight is 406 g/mol. The van der Waals surface area contributed by atoms with Gasteiger partial charge in [0, 0.05) is 36.7 Å². The molecular weight excluding hydrogens is 374 g/mol. The molecule has 28 heavy (non-hydrogen) atoms. The molecule has 1 heterocycles. The zero-order valence-corrected chi connectivity index (χ0v) is 18.2. The number of rotatable bonds is 5. The highest BCUT2D eigenvalue weighted by molar-refractivity contribution is 7.09. The number of hydrogen-bond donors (Lipinski definition) is 1. The van der Waals surface area contributed by atoms with Crippen LogP contribution in [0.15, 0.2) is 4.99 Å². The minimum Gasteiger partial charge on any atom is -0.383 e. The Kier molecular flexibility index (Phi) is 5.02. The number of nitrogens with one attached hydrogen (secondary N) is 1. The number of amides is 2. The van der Waals surface area contributed by atoms with Crippen molar-refractivity contribution < 1.29 is 14.3 Å². The molecule has 1 aromatic heterocycles. The lowest BCUT2D eigenvalue weighted by molar-refractivity contribution is -0.150. The van der Waals surface area contributed by atoms with Gasteiger partial charge in [-0.3, -0.25) is 9.59 Å². The zero-order chi connectivity index (χ0) is 20.1. The van der Waals surface area contributed by atoms with Gasteiger partial charge in [-0.05, 0) is 64.2 Å².